The van der Waals surface area contributed by atoms with Gasteiger partial charge in [0.25, 0.3) is 0 Å². The van der Waals surface area contributed by atoms with Crippen LogP contribution in [0.5, 0.6) is 0 Å². The lowest BCUT2D eigenvalue weighted by Gasteiger charge is -2.17. The maximum absolute atomic E-state index is 5.75. The minimum absolute atomic E-state index is 0.448. The highest BCUT2D eigenvalue weighted by atomic mass is 35.5. The monoisotopic (exact) mass is 161 g/mol. The van der Waals surface area contributed by atoms with Crippen LogP contribution in [0.25, 0.3) is 0 Å². The van der Waals surface area contributed by atoms with Crippen molar-refractivity contribution in [2.45, 2.75) is 33.7 Å². The molecule has 1 atom stereocenters. The molecule has 0 saturated heterocycles. The zero-order valence-electron chi connectivity index (χ0n) is 7.11. The first-order chi connectivity index (χ1) is 4.57. The standard InChI is InChI=1S/C8H16ClN/c1-5-8(9)10-7(4)6(2)3/h5-7,10H,1-4H3/b8-5-. The van der Waals surface area contributed by atoms with Crippen molar-refractivity contribution in [2.24, 2.45) is 5.92 Å². The van der Waals surface area contributed by atoms with E-state index in [9.17, 15) is 0 Å². The molecule has 0 spiro atoms. The van der Waals surface area contributed by atoms with Crippen molar-refractivity contribution in [3.8, 4) is 0 Å². The SMILES string of the molecule is C/C=C(/Cl)NC(C)C(C)C. The van der Waals surface area contributed by atoms with E-state index in [4.69, 9.17) is 11.6 Å². The molecule has 0 aromatic rings. The van der Waals surface area contributed by atoms with Gasteiger partial charge in [-0.2, -0.15) is 0 Å². The largest absolute Gasteiger partial charge is 0.373 e. The first-order valence-electron chi connectivity index (χ1n) is 3.66. The number of nitrogens with one attached hydrogen (secondary N) is 1. The normalized spacial score (nSPS) is 15.6. The second-order valence-corrected chi connectivity index (χ2v) is 3.22. The Morgan fingerprint density at radius 1 is 1.40 bits per heavy atom. The van der Waals surface area contributed by atoms with E-state index in [0.29, 0.717) is 12.0 Å². The van der Waals surface area contributed by atoms with Gasteiger partial charge >= 0.3 is 0 Å². The second kappa shape index (κ2) is 4.62. The molecule has 1 N–H and O–H groups in total. The van der Waals surface area contributed by atoms with Crippen LogP contribution in [-0.4, -0.2) is 6.04 Å². The van der Waals surface area contributed by atoms with E-state index in [1.165, 1.54) is 0 Å². The fourth-order valence-electron chi connectivity index (χ4n) is 0.467. The Hall–Kier alpha value is -0.170. The Morgan fingerprint density at radius 3 is 2.20 bits per heavy atom. The summed E-state index contributed by atoms with van der Waals surface area (Å²) < 4.78 is 0. The summed E-state index contributed by atoms with van der Waals surface area (Å²) in [6.07, 6.45) is 1.86. The Balaban J connectivity index is 3.68. The molecule has 0 fully saturated rings. The fraction of sp³-hybridized carbons (Fsp3) is 0.750. The van der Waals surface area contributed by atoms with E-state index in [-0.39, 0.29) is 0 Å². The molecular weight excluding hydrogens is 146 g/mol. The maximum Gasteiger partial charge on any atom is 0.0976 e. The number of hydrogen-bond donors (Lipinski definition) is 1. The molecule has 1 unspecified atom stereocenters. The summed E-state index contributed by atoms with van der Waals surface area (Å²) in [5.74, 6) is 0.619. The molecule has 60 valence electrons. The molecule has 0 aromatic carbocycles. The van der Waals surface area contributed by atoms with E-state index in [1.54, 1.807) is 0 Å². The molecule has 0 radical (unpaired) electrons. The summed E-state index contributed by atoms with van der Waals surface area (Å²) in [4.78, 5) is 0. The van der Waals surface area contributed by atoms with Crippen molar-refractivity contribution in [3.63, 3.8) is 0 Å². The third kappa shape index (κ3) is 3.78. The number of hydrogen-bond acceptors (Lipinski definition) is 1. The summed E-state index contributed by atoms with van der Waals surface area (Å²) in [6, 6.07) is 0.448. The fourth-order valence-corrected chi connectivity index (χ4v) is 0.640. The van der Waals surface area contributed by atoms with Gasteiger partial charge in [0.2, 0.25) is 0 Å². The molecule has 0 amide bonds. The van der Waals surface area contributed by atoms with Crippen LogP contribution >= 0.6 is 11.6 Å². The number of halogens is 1. The van der Waals surface area contributed by atoms with Gasteiger partial charge in [-0.1, -0.05) is 31.5 Å². The number of rotatable bonds is 3. The Morgan fingerprint density at radius 2 is 1.90 bits per heavy atom. The quantitative estimate of drug-likeness (QED) is 0.628. The van der Waals surface area contributed by atoms with Gasteiger partial charge in [-0.05, 0) is 19.8 Å². The van der Waals surface area contributed by atoms with Crippen LogP contribution in [-0.2, 0) is 0 Å². The lowest BCUT2D eigenvalue weighted by molar-refractivity contribution is 0.469. The minimum atomic E-state index is 0.448. The Kier molecular flexibility index (Phi) is 4.54. The lowest BCUT2D eigenvalue weighted by atomic mass is 10.1. The molecule has 0 aliphatic heterocycles. The van der Waals surface area contributed by atoms with E-state index >= 15 is 0 Å². The molecule has 1 nitrogen and oxygen atoms in total. The van der Waals surface area contributed by atoms with Crippen LogP contribution in [0, 0.1) is 5.92 Å². The van der Waals surface area contributed by atoms with Crippen molar-refractivity contribution in [1.29, 1.82) is 0 Å². The van der Waals surface area contributed by atoms with E-state index in [2.05, 4.69) is 26.1 Å². The first-order valence-corrected chi connectivity index (χ1v) is 4.04. The zero-order valence-corrected chi connectivity index (χ0v) is 7.87. The number of allylic oxidation sites excluding steroid dienone is 1. The van der Waals surface area contributed by atoms with Gasteiger partial charge in [0.1, 0.15) is 0 Å². The van der Waals surface area contributed by atoms with Crippen LogP contribution in [0.2, 0.25) is 0 Å². The smallest absolute Gasteiger partial charge is 0.0976 e. The van der Waals surface area contributed by atoms with Crippen molar-refractivity contribution >= 4 is 11.6 Å². The van der Waals surface area contributed by atoms with Crippen molar-refractivity contribution in [1.82, 2.24) is 5.32 Å². The summed E-state index contributed by atoms with van der Waals surface area (Å²) in [6.45, 7) is 8.37. The highest BCUT2D eigenvalue weighted by molar-refractivity contribution is 6.29. The molecule has 10 heavy (non-hydrogen) atoms. The van der Waals surface area contributed by atoms with Gasteiger partial charge in [0.15, 0.2) is 0 Å². The van der Waals surface area contributed by atoms with Crippen LogP contribution < -0.4 is 5.32 Å². The van der Waals surface area contributed by atoms with Crippen LogP contribution in [0.1, 0.15) is 27.7 Å². The average Bonchev–Trinajstić information content (AvgIpc) is 1.87. The first kappa shape index (κ1) is 9.83. The summed E-state index contributed by atoms with van der Waals surface area (Å²) in [5.41, 5.74) is 0. The molecule has 0 aliphatic rings. The maximum atomic E-state index is 5.75. The van der Waals surface area contributed by atoms with Gasteiger partial charge in [-0.3, -0.25) is 0 Å². The van der Waals surface area contributed by atoms with Gasteiger partial charge in [0, 0.05) is 6.04 Å². The highest BCUT2D eigenvalue weighted by Gasteiger charge is 2.05. The Labute approximate surface area is 68.5 Å². The van der Waals surface area contributed by atoms with Gasteiger partial charge in [-0.25, -0.2) is 0 Å². The molecule has 0 heterocycles. The van der Waals surface area contributed by atoms with E-state index < -0.39 is 0 Å². The average molecular weight is 162 g/mol. The van der Waals surface area contributed by atoms with Crippen LogP contribution in [0.3, 0.4) is 0 Å². The van der Waals surface area contributed by atoms with Crippen LogP contribution in [0.15, 0.2) is 11.2 Å². The van der Waals surface area contributed by atoms with E-state index in [1.807, 2.05) is 13.0 Å². The second-order valence-electron chi connectivity index (χ2n) is 2.81. The van der Waals surface area contributed by atoms with Crippen molar-refractivity contribution < 1.29 is 0 Å². The summed E-state index contributed by atoms with van der Waals surface area (Å²) in [5, 5.41) is 3.89. The third-order valence-electron chi connectivity index (χ3n) is 1.62. The molecule has 0 bridgehead atoms. The van der Waals surface area contributed by atoms with E-state index in [0.717, 1.165) is 5.16 Å². The van der Waals surface area contributed by atoms with Gasteiger partial charge < -0.3 is 5.32 Å². The predicted molar refractivity (Wildman–Crippen MR) is 47.0 cm³/mol. The molecular formula is C8H16ClN. The molecule has 2 heteroatoms. The molecule has 0 rings (SSSR count). The Bertz CT molecular complexity index is 118. The molecule has 0 aromatic heterocycles. The predicted octanol–water partition coefficient (Wildman–Crippen LogP) is 2.72. The molecule has 0 saturated carbocycles. The van der Waals surface area contributed by atoms with Gasteiger partial charge in [-0.15, -0.1) is 0 Å². The summed E-state index contributed by atoms with van der Waals surface area (Å²) in [7, 11) is 0. The van der Waals surface area contributed by atoms with Crippen LogP contribution in [0.4, 0.5) is 0 Å². The summed E-state index contributed by atoms with van der Waals surface area (Å²) >= 11 is 5.75. The van der Waals surface area contributed by atoms with Crippen molar-refractivity contribution in [2.75, 3.05) is 0 Å². The third-order valence-corrected chi connectivity index (χ3v) is 1.95. The topological polar surface area (TPSA) is 12.0 Å². The highest BCUT2D eigenvalue weighted by Crippen LogP contribution is 2.04. The van der Waals surface area contributed by atoms with Gasteiger partial charge in [0.05, 0.1) is 5.16 Å². The van der Waals surface area contributed by atoms with Crippen molar-refractivity contribution in [3.05, 3.63) is 11.2 Å². The molecule has 0 aliphatic carbocycles. The lowest BCUT2D eigenvalue weighted by Crippen LogP contribution is -2.28. The zero-order chi connectivity index (χ0) is 8.15. The minimum Gasteiger partial charge on any atom is -0.373 e.